The largest absolute Gasteiger partial charge is 0.345 e. The molecular weight excluding hydrogens is 336 g/mol. The van der Waals surface area contributed by atoms with E-state index in [1.54, 1.807) is 0 Å². The van der Waals surface area contributed by atoms with E-state index in [1.807, 2.05) is 30.3 Å². The molecule has 2 amide bonds. The zero-order chi connectivity index (χ0) is 17.0. The number of hydrogen-bond donors (Lipinski definition) is 0. The van der Waals surface area contributed by atoms with Crippen LogP contribution in [0.3, 0.4) is 0 Å². The molecule has 2 atom stereocenters. The second-order valence-electron chi connectivity index (χ2n) is 7.08. The van der Waals surface area contributed by atoms with Crippen molar-refractivity contribution in [3.8, 4) is 0 Å². The second kappa shape index (κ2) is 5.62. The normalized spacial score (nSPS) is 25.8. The van der Waals surface area contributed by atoms with Gasteiger partial charge in [0.1, 0.15) is 5.82 Å². The number of benzene rings is 1. The zero-order valence-corrected chi connectivity index (χ0v) is 14.5. The smallest absolute Gasteiger partial charge is 0.235 e. The van der Waals surface area contributed by atoms with E-state index in [0.29, 0.717) is 25.6 Å². The number of likely N-dealkylation sites (tertiary alicyclic amines) is 1. The van der Waals surface area contributed by atoms with Crippen molar-refractivity contribution in [1.29, 1.82) is 0 Å². The van der Waals surface area contributed by atoms with Gasteiger partial charge in [0.05, 0.1) is 18.4 Å². The first-order chi connectivity index (χ1) is 12.2. The van der Waals surface area contributed by atoms with E-state index in [9.17, 15) is 9.59 Å². The molecule has 128 valence electrons. The van der Waals surface area contributed by atoms with E-state index in [1.165, 1.54) is 29.3 Å². The number of aromatic nitrogens is 2. The minimum atomic E-state index is -0.246. The maximum atomic E-state index is 12.7. The summed E-state index contributed by atoms with van der Waals surface area (Å²) in [5.41, 5.74) is 0.985. The number of amides is 2. The molecule has 2 aliphatic heterocycles. The molecule has 1 saturated carbocycles. The fourth-order valence-electron chi connectivity index (χ4n) is 3.75. The summed E-state index contributed by atoms with van der Waals surface area (Å²) in [5, 5.41) is 0.853. The summed E-state index contributed by atoms with van der Waals surface area (Å²) >= 11 is 1.39. The lowest BCUT2D eigenvalue weighted by molar-refractivity contribution is -0.140. The van der Waals surface area contributed by atoms with Crippen molar-refractivity contribution < 1.29 is 9.59 Å². The molecule has 3 fully saturated rings. The second-order valence-corrected chi connectivity index (χ2v) is 7.81. The topological polar surface area (TPSA) is 66.4 Å². The molecular formula is C18H18N4O2S. The number of rotatable bonds is 4. The van der Waals surface area contributed by atoms with Crippen LogP contribution in [0.15, 0.2) is 30.3 Å². The van der Waals surface area contributed by atoms with Gasteiger partial charge in [-0.1, -0.05) is 30.3 Å². The van der Waals surface area contributed by atoms with Crippen molar-refractivity contribution in [2.75, 3.05) is 18.0 Å². The third-order valence-electron chi connectivity index (χ3n) is 5.31. The van der Waals surface area contributed by atoms with Crippen LogP contribution >= 0.6 is 11.5 Å². The average Bonchev–Trinajstić information content (AvgIpc) is 3.13. The fraction of sp³-hybridized carbons (Fsp3) is 0.444. The van der Waals surface area contributed by atoms with Crippen molar-refractivity contribution in [3.05, 3.63) is 41.7 Å². The van der Waals surface area contributed by atoms with Crippen LogP contribution < -0.4 is 4.90 Å². The van der Waals surface area contributed by atoms with Crippen molar-refractivity contribution in [2.24, 2.45) is 11.8 Å². The molecule has 2 aromatic rings. The SMILES string of the molecule is O=C1C2CN(c3nc(C4CC4)ns3)CC2C(=O)N1Cc1ccccc1. The lowest BCUT2D eigenvalue weighted by Crippen LogP contribution is -2.35. The summed E-state index contributed by atoms with van der Waals surface area (Å²) < 4.78 is 4.43. The Labute approximate surface area is 149 Å². The van der Waals surface area contributed by atoms with Crippen LogP contribution in [0.4, 0.5) is 5.13 Å². The lowest BCUT2D eigenvalue weighted by atomic mass is 10.00. The summed E-state index contributed by atoms with van der Waals surface area (Å²) in [5.74, 6) is 0.868. The van der Waals surface area contributed by atoms with Gasteiger partial charge in [-0.25, -0.2) is 4.98 Å². The molecule has 2 unspecified atom stereocenters. The van der Waals surface area contributed by atoms with Crippen LogP contribution in [0.5, 0.6) is 0 Å². The van der Waals surface area contributed by atoms with E-state index in [0.717, 1.165) is 16.5 Å². The summed E-state index contributed by atoms with van der Waals surface area (Å²) in [6.45, 7) is 1.51. The summed E-state index contributed by atoms with van der Waals surface area (Å²) in [4.78, 5) is 33.6. The first-order valence-corrected chi connectivity index (χ1v) is 9.46. The highest BCUT2D eigenvalue weighted by atomic mass is 32.1. The molecule has 0 spiro atoms. The molecule has 5 rings (SSSR count). The Hall–Kier alpha value is -2.28. The molecule has 3 aliphatic rings. The molecule has 0 bridgehead atoms. The molecule has 0 N–H and O–H groups in total. The standard InChI is InChI=1S/C18H18N4O2S/c23-16-13-9-21(18-19-15(20-25-18)12-6-7-12)10-14(13)17(24)22(16)8-11-4-2-1-3-5-11/h1-5,12-14H,6-10H2. The Bertz CT molecular complexity index is 809. The summed E-state index contributed by atoms with van der Waals surface area (Å²) in [6, 6.07) is 9.68. The van der Waals surface area contributed by atoms with Crippen molar-refractivity contribution in [2.45, 2.75) is 25.3 Å². The first-order valence-electron chi connectivity index (χ1n) is 8.68. The third-order valence-corrected chi connectivity index (χ3v) is 6.11. The van der Waals surface area contributed by atoms with Crippen LogP contribution in [0.25, 0.3) is 0 Å². The zero-order valence-electron chi connectivity index (χ0n) is 13.7. The van der Waals surface area contributed by atoms with E-state index < -0.39 is 0 Å². The minimum Gasteiger partial charge on any atom is -0.345 e. The average molecular weight is 354 g/mol. The van der Waals surface area contributed by atoms with Gasteiger partial charge in [0.2, 0.25) is 16.9 Å². The van der Waals surface area contributed by atoms with Gasteiger partial charge in [-0.3, -0.25) is 14.5 Å². The number of anilines is 1. The van der Waals surface area contributed by atoms with Gasteiger partial charge in [-0.2, -0.15) is 4.37 Å². The van der Waals surface area contributed by atoms with Gasteiger partial charge in [-0.15, -0.1) is 0 Å². The van der Waals surface area contributed by atoms with Gasteiger partial charge in [-0.05, 0) is 18.4 Å². The Morgan fingerprint density at radius 1 is 1.04 bits per heavy atom. The quantitative estimate of drug-likeness (QED) is 0.786. The molecule has 7 heteroatoms. The van der Waals surface area contributed by atoms with Crippen LogP contribution in [-0.4, -0.2) is 39.2 Å². The predicted octanol–water partition coefficient (Wildman–Crippen LogP) is 2.04. The third kappa shape index (κ3) is 2.54. The highest BCUT2D eigenvalue weighted by Gasteiger charge is 2.52. The number of imide groups is 1. The Morgan fingerprint density at radius 2 is 1.72 bits per heavy atom. The van der Waals surface area contributed by atoms with Gasteiger partial charge >= 0.3 is 0 Å². The molecule has 3 heterocycles. The number of carbonyl (C=O) groups is 2. The van der Waals surface area contributed by atoms with E-state index >= 15 is 0 Å². The van der Waals surface area contributed by atoms with Crippen LogP contribution in [0, 0.1) is 11.8 Å². The van der Waals surface area contributed by atoms with Gasteiger partial charge < -0.3 is 4.90 Å². The van der Waals surface area contributed by atoms with Gasteiger partial charge in [0, 0.05) is 30.5 Å². The summed E-state index contributed by atoms with van der Waals surface area (Å²) in [7, 11) is 0. The van der Waals surface area contributed by atoms with Crippen LogP contribution in [-0.2, 0) is 16.1 Å². The lowest BCUT2D eigenvalue weighted by Gasteiger charge is -2.20. The minimum absolute atomic E-state index is 0.0479. The first kappa shape index (κ1) is 15.0. The molecule has 6 nitrogen and oxygen atoms in total. The highest BCUT2D eigenvalue weighted by molar-refractivity contribution is 7.09. The maximum Gasteiger partial charge on any atom is 0.235 e. The van der Waals surface area contributed by atoms with Crippen molar-refractivity contribution in [3.63, 3.8) is 0 Å². The van der Waals surface area contributed by atoms with E-state index in [-0.39, 0.29) is 23.7 Å². The monoisotopic (exact) mass is 354 g/mol. The predicted molar refractivity (Wildman–Crippen MR) is 93.1 cm³/mol. The van der Waals surface area contributed by atoms with Crippen LogP contribution in [0.1, 0.15) is 30.1 Å². The van der Waals surface area contributed by atoms with E-state index in [2.05, 4.69) is 14.3 Å². The molecule has 1 aromatic carbocycles. The molecule has 1 aliphatic carbocycles. The summed E-state index contributed by atoms with van der Waals surface area (Å²) in [6.07, 6.45) is 2.35. The highest BCUT2D eigenvalue weighted by Crippen LogP contribution is 2.41. The fourth-order valence-corrected chi connectivity index (χ4v) is 4.52. The van der Waals surface area contributed by atoms with Crippen molar-refractivity contribution in [1.82, 2.24) is 14.3 Å². The van der Waals surface area contributed by atoms with Gasteiger partial charge in [0.15, 0.2) is 0 Å². The van der Waals surface area contributed by atoms with Gasteiger partial charge in [0.25, 0.3) is 0 Å². The Morgan fingerprint density at radius 3 is 2.36 bits per heavy atom. The molecule has 2 saturated heterocycles. The molecule has 1 aromatic heterocycles. The number of carbonyl (C=O) groups excluding carboxylic acids is 2. The number of hydrogen-bond acceptors (Lipinski definition) is 6. The number of fused-ring (bicyclic) bond motifs is 1. The Balaban J connectivity index is 1.31. The van der Waals surface area contributed by atoms with Crippen LogP contribution in [0.2, 0.25) is 0 Å². The molecule has 0 radical (unpaired) electrons. The molecule has 25 heavy (non-hydrogen) atoms. The Kier molecular flexibility index (Phi) is 3.38. The number of nitrogens with zero attached hydrogens (tertiary/aromatic N) is 4. The maximum absolute atomic E-state index is 12.7. The van der Waals surface area contributed by atoms with E-state index in [4.69, 9.17) is 0 Å². The van der Waals surface area contributed by atoms with Crippen molar-refractivity contribution >= 4 is 28.5 Å².